The van der Waals surface area contributed by atoms with Crippen LogP contribution in [-0.2, 0) is 0 Å². The lowest BCUT2D eigenvalue weighted by Gasteiger charge is -2.22. The number of benzene rings is 1. The second-order valence-electron chi connectivity index (χ2n) is 3.97. The van der Waals surface area contributed by atoms with Gasteiger partial charge in [-0.25, -0.2) is 0 Å². The number of rotatable bonds is 1. The Kier molecular flexibility index (Phi) is 3.17. The van der Waals surface area contributed by atoms with Gasteiger partial charge in [0, 0.05) is 0 Å². The van der Waals surface area contributed by atoms with Gasteiger partial charge in [-0.2, -0.15) is 5.26 Å². The van der Waals surface area contributed by atoms with Crippen molar-refractivity contribution in [2.75, 3.05) is 0 Å². The van der Waals surface area contributed by atoms with Crippen LogP contribution in [0, 0.1) is 11.3 Å². The maximum Gasteiger partial charge on any atom is 0.135 e. The molecule has 0 atom stereocenters. The molecule has 0 aliphatic heterocycles. The van der Waals surface area contributed by atoms with Crippen LogP contribution in [0.1, 0.15) is 26.3 Å². The molecule has 3 heteroatoms. The smallest absolute Gasteiger partial charge is 0.135 e. The molecule has 74 valence electrons. The Hall–Kier alpha value is -1.01. The number of nitriles is 1. The van der Waals surface area contributed by atoms with E-state index in [-0.39, 0.29) is 5.60 Å². The quantitative estimate of drug-likeness (QED) is 0.768. The second kappa shape index (κ2) is 4.02. The van der Waals surface area contributed by atoms with Crippen LogP contribution in [0.3, 0.4) is 0 Å². The van der Waals surface area contributed by atoms with Crippen molar-refractivity contribution in [3.05, 3.63) is 28.2 Å². The summed E-state index contributed by atoms with van der Waals surface area (Å²) in [5.74, 6) is 0.705. The van der Waals surface area contributed by atoms with Crippen LogP contribution in [0.2, 0.25) is 0 Å². The van der Waals surface area contributed by atoms with Crippen LogP contribution in [0.4, 0.5) is 0 Å². The van der Waals surface area contributed by atoms with E-state index < -0.39 is 0 Å². The molecule has 0 saturated heterocycles. The van der Waals surface area contributed by atoms with Gasteiger partial charge >= 0.3 is 0 Å². The van der Waals surface area contributed by atoms with Gasteiger partial charge in [0.2, 0.25) is 0 Å². The molecule has 1 rings (SSSR count). The summed E-state index contributed by atoms with van der Waals surface area (Å²) in [6.45, 7) is 5.91. The number of halogens is 1. The third-order valence-electron chi connectivity index (χ3n) is 1.48. The lowest BCUT2D eigenvalue weighted by Crippen LogP contribution is -2.23. The Morgan fingerprint density at radius 2 is 2.00 bits per heavy atom. The topological polar surface area (TPSA) is 33.0 Å². The summed E-state index contributed by atoms with van der Waals surface area (Å²) in [5.41, 5.74) is 0.351. The first-order valence-corrected chi connectivity index (χ1v) is 5.10. The van der Waals surface area contributed by atoms with Crippen LogP contribution in [-0.4, -0.2) is 5.60 Å². The molecule has 0 fully saturated rings. The molecule has 0 amide bonds. The lowest BCUT2D eigenvalue weighted by atomic mass is 10.2. The van der Waals surface area contributed by atoms with E-state index in [9.17, 15) is 0 Å². The molecular formula is C11H12BrNO. The van der Waals surface area contributed by atoms with Gasteiger partial charge in [-0.1, -0.05) is 0 Å². The van der Waals surface area contributed by atoms with Gasteiger partial charge < -0.3 is 4.74 Å². The Morgan fingerprint density at radius 3 is 2.50 bits per heavy atom. The monoisotopic (exact) mass is 253 g/mol. The number of hydrogen-bond donors (Lipinski definition) is 0. The van der Waals surface area contributed by atoms with E-state index in [2.05, 4.69) is 22.0 Å². The van der Waals surface area contributed by atoms with Crippen molar-refractivity contribution in [1.29, 1.82) is 5.26 Å². The minimum absolute atomic E-state index is 0.253. The van der Waals surface area contributed by atoms with E-state index in [1.165, 1.54) is 0 Å². The third-order valence-corrected chi connectivity index (χ3v) is 2.13. The van der Waals surface area contributed by atoms with Crippen molar-refractivity contribution in [1.82, 2.24) is 0 Å². The first-order valence-electron chi connectivity index (χ1n) is 4.31. The van der Waals surface area contributed by atoms with Crippen molar-refractivity contribution in [2.45, 2.75) is 26.4 Å². The SMILES string of the molecule is CC(C)(C)Oc1cc(C#N)ccc1Br. The summed E-state index contributed by atoms with van der Waals surface area (Å²) in [7, 11) is 0. The molecule has 0 saturated carbocycles. The zero-order valence-corrected chi connectivity index (χ0v) is 10.1. The summed E-state index contributed by atoms with van der Waals surface area (Å²) < 4.78 is 6.54. The molecule has 1 aromatic rings. The second-order valence-corrected chi connectivity index (χ2v) is 4.83. The van der Waals surface area contributed by atoms with Crippen LogP contribution in [0.25, 0.3) is 0 Å². The Balaban J connectivity index is 3.03. The van der Waals surface area contributed by atoms with E-state index in [0.29, 0.717) is 11.3 Å². The summed E-state index contributed by atoms with van der Waals surface area (Å²) >= 11 is 3.38. The zero-order chi connectivity index (χ0) is 10.8. The van der Waals surface area contributed by atoms with Crippen LogP contribution >= 0.6 is 15.9 Å². The molecule has 0 heterocycles. The highest BCUT2D eigenvalue weighted by molar-refractivity contribution is 9.10. The average Bonchev–Trinajstić information content (AvgIpc) is 2.06. The maximum atomic E-state index is 8.73. The number of ether oxygens (including phenoxy) is 1. The van der Waals surface area contributed by atoms with Gasteiger partial charge in [-0.3, -0.25) is 0 Å². The van der Waals surface area contributed by atoms with Crippen molar-refractivity contribution >= 4 is 15.9 Å². The molecule has 0 aliphatic carbocycles. The molecule has 0 N–H and O–H groups in total. The van der Waals surface area contributed by atoms with Crippen molar-refractivity contribution in [3.63, 3.8) is 0 Å². The summed E-state index contributed by atoms with van der Waals surface area (Å²) in [6, 6.07) is 7.38. The highest BCUT2D eigenvalue weighted by Gasteiger charge is 2.14. The van der Waals surface area contributed by atoms with Gasteiger partial charge in [0.15, 0.2) is 0 Å². The Bertz CT molecular complexity index is 374. The predicted molar refractivity (Wildman–Crippen MR) is 59.2 cm³/mol. The van der Waals surface area contributed by atoms with Gasteiger partial charge in [0.05, 0.1) is 16.1 Å². The lowest BCUT2D eigenvalue weighted by molar-refractivity contribution is 0.130. The minimum Gasteiger partial charge on any atom is -0.487 e. The standard InChI is InChI=1S/C11H12BrNO/c1-11(2,3)14-10-6-8(7-13)4-5-9(10)12/h4-6H,1-3H3. The number of nitrogens with zero attached hydrogens (tertiary/aromatic N) is 1. The van der Waals surface area contributed by atoms with Crippen molar-refractivity contribution in [3.8, 4) is 11.8 Å². The van der Waals surface area contributed by atoms with E-state index in [0.717, 1.165) is 4.47 Å². The fraction of sp³-hybridized carbons (Fsp3) is 0.364. The average molecular weight is 254 g/mol. The predicted octanol–water partition coefficient (Wildman–Crippen LogP) is 3.50. The normalized spacial score (nSPS) is 10.8. The third kappa shape index (κ3) is 3.04. The van der Waals surface area contributed by atoms with E-state index in [1.807, 2.05) is 26.8 Å². The molecule has 0 bridgehead atoms. The molecule has 0 aliphatic rings. The van der Waals surface area contributed by atoms with Gasteiger partial charge in [0.1, 0.15) is 11.4 Å². The zero-order valence-electron chi connectivity index (χ0n) is 8.47. The Morgan fingerprint density at radius 1 is 1.36 bits per heavy atom. The first-order chi connectivity index (χ1) is 6.42. The molecule has 0 spiro atoms. The van der Waals surface area contributed by atoms with Crippen LogP contribution < -0.4 is 4.74 Å². The largest absolute Gasteiger partial charge is 0.487 e. The molecule has 14 heavy (non-hydrogen) atoms. The summed E-state index contributed by atoms with van der Waals surface area (Å²) in [6.07, 6.45) is 0. The first kappa shape index (κ1) is 11.1. The van der Waals surface area contributed by atoms with Crippen molar-refractivity contribution in [2.24, 2.45) is 0 Å². The molecule has 0 unspecified atom stereocenters. The highest BCUT2D eigenvalue weighted by atomic mass is 79.9. The molecular weight excluding hydrogens is 242 g/mol. The van der Waals surface area contributed by atoms with Crippen LogP contribution in [0.15, 0.2) is 22.7 Å². The molecule has 0 radical (unpaired) electrons. The van der Waals surface area contributed by atoms with E-state index >= 15 is 0 Å². The van der Waals surface area contributed by atoms with E-state index in [4.69, 9.17) is 10.00 Å². The molecule has 0 aromatic heterocycles. The van der Waals surface area contributed by atoms with Gasteiger partial charge in [0.25, 0.3) is 0 Å². The maximum absolute atomic E-state index is 8.73. The van der Waals surface area contributed by atoms with Crippen LogP contribution in [0.5, 0.6) is 5.75 Å². The summed E-state index contributed by atoms with van der Waals surface area (Å²) in [4.78, 5) is 0. The molecule has 2 nitrogen and oxygen atoms in total. The molecule has 1 aromatic carbocycles. The van der Waals surface area contributed by atoms with Gasteiger partial charge in [-0.15, -0.1) is 0 Å². The fourth-order valence-corrected chi connectivity index (χ4v) is 1.31. The minimum atomic E-state index is -0.253. The summed E-state index contributed by atoms with van der Waals surface area (Å²) in [5, 5.41) is 8.73. The fourth-order valence-electron chi connectivity index (χ4n) is 0.981. The highest BCUT2D eigenvalue weighted by Crippen LogP contribution is 2.28. The van der Waals surface area contributed by atoms with Crippen molar-refractivity contribution < 1.29 is 4.74 Å². The Labute approximate surface area is 92.6 Å². The number of hydrogen-bond acceptors (Lipinski definition) is 2. The van der Waals surface area contributed by atoms with E-state index in [1.54, 1.807) is 12.1 Å². The van der Waals surface area contributed by atoms with Gasteiger partial charge in [-0.05, 0) is 54.9 Å².